The molecular weight excluding hydrogens is 1230 g/mol. The Balaban J connectivity index is 0.000000357. The summed E-state index contributed by atoms with van der Waals surface area (Å²) in [6.07, 6.45) is 1.82. The van der Waals surface area contributed by atoms with E-state index in [0.717, 1.165) is 44.4 Å². The molecule has 0 spiro atoms. The number of imidazole rings is 1. The number of hydrogen-bond acceptors (Lipinski definition) is 2. The summed E-state index contributed by atoms with van der Waals surface area (Å²) in [6.45, 7) is 32.4. The maximum atomic E-state index is 12.7. The minimum absolute atomic E-state index is 0. The third-order valence-electron chi connectivity index (χ3n) is 18.7. The van der Waals surface area contributed by atoms with Crippen molar-refractivity contribution in [2.75, 3.05) is 0 Å². The van der Waals surface area contributed by atoms with Crippen LogP contribution < -0.4 is 16.4 Å². The Morgan fingerprint density at radius 2 is 1.05 bits per heavy atom. The van der Waals surface area contributed by atoms with E-state index in [4.69, 9.17) is 4.98 Å². The fourth-order valence-electron chi connectivity index (χ4n) is 13.9. The largest absolute Gasteiger partial charge is 0.333 e. The molecule has 0 aliphatic carbocycles. The van der Waals surface area contributed by atoms with E-state index in [9.17, 15) is 4.39 Å². The summed E-state index contributed by atoms with van der Waals surface area (Å²) in [5.74, 6) is -0.275. The zero-order valence-corrected chi connectivity index (χ0v) is 54.0. The molecule has 2 aliphatic heterocycles. The summed E-state index contributed by atoms with van der Waals surface area (Å²) in [6, 6.07) is 64.8. The molecule has 0 saturated heterocycles. The number of rotatable bonds is 2. The van der Waals surface area contributed by atoms with Crippen LogP contribution in [0.3, 0.4) is 0 Å². The van der Waals surface area contributed by atoms with Crippen LogP contribution in [0, 0.1) is 31.8 Å². The minimum atomic E-state index is -0.275. The van der Waals surface area contributed by atoms with Crippen LogP contribution in [0.4, 0.5) is 4.39 Å². The van der Waals surface area contributed by atoms with Crippen molar-refractivity contribution < 1.29 is 24.5 Å². The molecule has 0 N–H and O–H groups in total. The van der Waals surface area contributed by atoms with Crippen LogP contribution in [0.5, 0.6) is 0 Å². The Morgan fingerprint density at radius 3 is 1.59 bits per heavy atom. The molecule has 86 heavy (non-hydrogen) atoms. The minimum Gasteiger partial charge on any atom is -0.333 e. The van der Waals surface area contributed by atoms with E-state index >= 15 is 0 Å². The molecule has 5 nitrogen and oxygen atoms in total. The predicted octanol–water partition coefficient (Wildman–Crippen LogP) is 18.1. The molecule has 0 unspecified atom stereocenters. The summed E-state index contributed by atoms with van der Waals surface area (Å²) in [7, 11) is 0. The van der Waals surface area contributed by atoms with Crippen molar-refractivity contribution in [3.05, 3.63) is 215 Å². The molecule has 7 heterocycles. The van der Waals surface area contributed by atoms with Crippen LogP contribution >= 0.6 is 0 Å². The second kappa shape index (κ2) is 19.2. The summed E-state index contributed by atoms with van der Waals surface area (Å²) >= 11 is 0. The van der Waals surface area contributed by atoms with E-state index < -0.39 is 0 Å². The van der Waals surface area contributed by atoms with Crippen LogP contribution in [-0.4, -0.2) is 30.2 Å². The molecule has 2 aliphatic rings. The van der Waals surface area contributed by atoms with Crippen molar-refractivity contribution in [3.8, 4) is 33.8 Å². The van der Waals surface area contributed by atoms with E-state index in [-0.39, 0.29) is 54.3 Å². The van der Waals surface area contributed by atoms with Gasteiger partial charge in [0.15, 0.2) is 0 Å². The maximum Gasteiger partial charge on any atom is 0.252 e. The number of pyridine rings is 2. The summed E-state index contributed by atoms with van der Waals surface area (Å²) in [5, 5.41) is 8.71. The van der Waals surface area contributed by atoms with Crippen LogP contribution in [0.2, 0.25) is 0 Å². The predicted molar refractivity (Wildman–Crippen MR) is 358 cm³/mol. The SMILES string of the molecule is CC(C)(C)c1ccc2c(c1)c1cc(C(C)(C)C)cc3c1n2-c1cc(-c2cc[c-]c4c2c2ccccc2n2c5ccccc5nc42)cc2c1B3c1cc(C(C)(C)C)cc3c4cc(C(C)(C)C)ccc4n-2c13.Cc1cnc(-c2[c-]cc(F)cc2)cc1C.[Ir]. The van der Waals surface area contributed by atoms with E-state index in [1.807, 2.05) is 26.1 Å². The maximum absolute atomic E-state index is 12.7. The first-order valence-electron chi connectivity index (χ1n) is 30.1. The number of aryl methyl sites for hydroxylation is 2. The quantitative estimate of drug-likeness (QED) is 0.0983. The third-order valence-corrected chi connectivity index (χ3v) is 18.7. The Kier molecular flexibility index (Phi) is 12.4. The van der Waals surface area contributed by atoms with Gasteiger partial charge < -0.3 is 18.5 Å². The molecule has 8 heteroatoms. The molecule has 5 aromatic heterocycles. The second-order valence-corrected chi connectivity index (χ2v) is 28.4. The third kappa shape index (κ3) is 8.40. The van der Waals surface area contributed by atoms with Crippen molar-refractivity contribution in [3.63, 3.8) is 0 Å². The van der Waals surface area contributed by atoms with Crippen molar-refractivity contribution in [1.29, 1.82) is 0 Å². The first-order valence-corrected chi connectivity index (χ1v) is 30.1. The molecule has 0 saturated carbocycles. The zero-order valence-electron chi connectivity index (χ0n) is 51.6. The van der Waals surface area contributed by atoms with Gasteiger partial charge in [-0.3, -0.25) is 9.37 Å². The average molecular weight is 1300 g/mol. The van der Waals surface area contributed by atoms with Crippen molar-refractivity contribution >= 4 is 105 Å². The van der Waals surface area contributed by atoms with Crippen molar-refractivity contribution in [2.45, 2.75) is 119 Å². The number of hydrogen-bond donors (Lipinski definition) is 0. The molecule has 1 radical (unpaired) electrons. The number of aromatic nitrogens is 5. The molecule has 14 aromatic rings. The van der Waals surface area contributed by atoms with Gasteiger partial charge in [-0.1, -0.05) is 166 Å². The van der Waals surface area contributed by atoms with Gasteiger partial charge in [-0.05, 0) is 163 Å². The number of benzene rings is 9. The molecule has 0 atom stereocenters. The van der Waals surface area contributed by atoms with Crippen LogP contribution in [-0.2, 0) is 41.8 Å². The van der Waals surface area contributed by atoms with Gasteiger partial charge in [0.1, 0.15) is 0 Å². The number of fused-ring (bicyclic) bond motifs is 18. The normalized spacial score (nSPS) is 13.2. The first-order chi connectivity index (χ1) is 40.4. The fourth-order valence-corrected chi connectivity index (χ4v) is 13.9. The van der Waals surface area contributed by atoms with Crippen molar-refractivity contribution in [2.24, 2.45) is 0 Å². The Labute approximate surface area is 517 Å². The van der Waals surface area contributed by atoms with Gasteiger partial charge in [-0.15, -0.1) is 48.0 Å². The van der Waals surface area contributed by atoms with Crippen molar-refractivity contribution in [1.82, 2.24) is 23.5 Å². The Morgan fingerprint density at radius 1 is 0.500 bits per heavy atom. The molecule has 9 aromatic carbocycles. The zero-order chi connectivity index (χ0) is 59.1. The Hall–Kier alpha value is -8.16. The van der Waals surface area contributed by atoms with Gasteiger partial charge >= 0.3 is 0 Å². The van der Waals surface area contributed by atoms with Crippen LogP contribution in [0.25, 0.3) is 116 Å². The topological polar surface area (TPSA) is 40.0 Å². The van der Waals surface area contributed by atoms with Gasteiger partial charge in [0.2, 0.25) is 0 Å². The molecule has 427 valence electrons. The van der Waals surface area contributed by atoms with E-state index in [1.165, 1.54) is 133 Å². The first kappa shape index (κ1) is 55.7. The molecule has 0 fully saturated rings. The number of nitrogens with zero attached hydrogens (tertiary/aromatic N) is 5. The summed E-state index contributed by atoms with van der Waals surface area (Å²) < 4.78 is 20.3. The molecule has 0 bridgehead atoms. The van der Waals surface area contributed by atoms with Gasteiger partial charge in [0, 0.05) is 81.6 Å². The molecule has 0 amide bonds. The van der Waals surface area contributed by atoms with E-state index in [2.05, 4.69) is 247 Å². The van der Waals surface area contributed by atoms with Gasteiger partial charge in [0.05, 0.1) is 27.7 Å². The standard InChI is InChI=1S/C65H58BN4.C13H11FN.Ir/c1-62(2,3)37-24-26-52-44(30-37)46-32-39(64(7,8)9)34-48-59(46)68(52)55-28-36(41-19-17-20-43-57(41)42-18-13-15-22-51(42)70-54-23-16-14-21-50(54)67-61(43)70)29-56-58(55)66(48)49-35-40(65(10,11)12)33-47-45-31-38(63(4,5)6)25-27-53(45)69(56)60(47)49;1-9-7-13(15-8-10(9)2)11-3-5-12(14)6-4-11;/h13-19,21-35H,1-12H3;3,5-8H,1-2H3;/q2*-1;. The Bertz CT molecular complexity index is 5020. The van der Waals surface area contributed by atoms with Gasteiger partial charge in [-0.25, -0.2) is 0 Å². The van der Waals surface area contributed by atoms with Gasteiger partial charge in [-0.2, -0.15) is 0 Å². The fraction of sp³-hybridized carbons (Fsp3) is 0.231. The summed E-state index contributed by atoms with van der Waals surface area (Å²) in [5.41, 5.74) is 27.7. The van der Waals surface area contributed by atoms with E-state index in [1.54, 1.807) is 6.07 Å². The van der Waals surface area contributed by atoms with E-state index in [0.29, 0.717) is 0 Å². The summed E-state index contributed by atoms with van der Waals surface area (Å²) in [4.78, 5) is 9.61. The molecular formula is C78H69BFIrN5-2. The van der Waals surface area contributed by atoms with Gasteiger partial charge in [0.25, 0.3) is 6.71 Å². The number of para-hydroxylation sites is 3. The monoisotopic (exact) mass is 1300 g/mol. The average Bonchev–Trinajstić information content (AvgIpc) is 1.43. The smallest absolute Gasteiger partial charge is 0.252 e. The number of halogens is 1. The second-order valence-electron chi connectivity index (χ2n) is 28.4. The van der Waals surface area contributed by atoms with Crippen LogP contribution in [0.15, 0.2) is 164 Å². The molecule has 16 rings (SSSR count). The van der Waals surface area contributed by atoms with Crippen LogP contribution in [0.1, 0.15) is 116 Å².